The van der Waals surface area contributed by atoms with E-state index in [1.54, 1.807) is 12.1 Å². The molecule has 0 saturated carbocycles. The van der Waals surface area contributed by atoms with E-state index in [0.717, 1.165) is 37.3 Å². The first-order chi connectivity index (χ1) is 12.8. The van der Waals surface area contributed by atoms with E-state index in [-0.39, 0.29) is 11.9 Å². The molecular weight excluding hydrogens is 344 g/mol. The zero-order valence-electron chi connectivity index (χ0n) is 14.3. The van der Waals surface area contributed by atoms with Crippen LogP contribution >= 0.6 is 11.3 Å². The Hall–Kier alpha value is -2.57. The highest BCUT2D eigenvalue weighted by molar-refractivity contribution is 7.14. The molecule has 1 N–H and O–H groups in total. The van der Waals surface area contributed by atoms with Gasteiger partial charge in [0.15, 0.2) is 5.13 Å². The number of carbonyl (C=O) groups excluding carboxylic acids is 1. The summed E-state index contributed by atoms with van der Waals surface area (Å²) in [5, 5.41) is 5.61. The van der Waals surface area contributed by atoms with Gasteiger partial charge >= 0.3 is 0 Å². The number of nitrogens with zero attached hydrogens (tertiary/aromatic N) is 3. The molecule has 2 aromatic heterocycles. The van der Waals surface area contributed by atoms with E-state index >= 15 is 0 Å². The number of thiazole rings is 1. The maximum atomic E-state index is 12.3. The second-order valence-electron chi connectivity index (χ2n) is 6.35. The van der Waals surface area contributed by atoms with E-state index < -0.39 is 0 Å². The lowest BCUT2D eigenvalue weighted by atomic mass is 10.1. The quantitative estimate of drug-likeness (QED) is 0.740. The molecule has 1 aliphatic heterocycles. The van der Waals surface area contributed by atoms with Crippen LogP contribution in [0.3, 0.4) is 0 Å². The highest BCUT2D eigenvalue weighted by Crippen LogP contribution is 2.34. The highest BCUT2D eigenvalue weighted by Gasteiger charge is 2.28. The Labute approximate surface area is 156 Å². The Morgan fingerprint density at radius 1 is 1.19 bits per heavy atom. The number of hydrogen-bond acceptors (Lipinski definition) is 5. The molecule has 1 atom stereocenters. The molecule has 6 heteroatoms. The summed E-state index contributed by atoms with van der Waals surface area (Å²) in [4.78, 5) is 23.8. The van der Waals surface area contributed by atoms with Gasteiger partial charge in [0.2, 0.25) is 0 Å². The topological polar surface area (TPSA) is 58.1 Å². The fourth-order valence-corrected chi connectivity index (χ4v) is 4.06. The number of carbonyl (C=O) groups is 1. The lowest BCUT2D eigenvalue weighted by molar-refractivity contribution is 0.102. The smallest absolute Gasteiger partial charge is 0.257 e. The molecular formula is C20H20N4OS. The number of aromatic nitrogens is 2. The van der Waals surface area contributed by atoms with Gasteiger partial charge in [0.05, 0.1) is 17.4 Å². The lowest BCUT2D eigenvalue weighted by Crippen LogP contribution is -2.23. The van der Waals surface area contributed by atoms with E-state index in [1.165, 1.54) is 11.3 Å². The molecule has 1 saturated heterocycles. The van der Waals surface area contributed by atoms with Crippen molar-refractivity contribution in [1.29, 1.82) is 0 Å². The summed E-state index contributed by atoms with van der Waals surface area (Å²) >= 11 is 1.48. The summed E-state index contributed by atoms with van der Waals surface area (Å²) in [5.41, 5.74) is 2.75. The van der Waals surface area contributed by atoms with Gasteiger partial charge in [-0.2, -0.15) is 0 Å². The van der Waals surface area contributed by atoms with Crippen molar-refractivity contribution in [3.8, 4) is 0 Å². The minimum atomic E-state index is -0.122. The van der Waals surface area contributed by atoms with Crippen LogP contribution in [0.5, 0.6) is 0 Å². The van der Waals surface area contributed by atoms with Crippen molar-refractivity contribution < 1.29 is 4.79 Å². The summed E-state index contributed by atoms with van der Waals surface area (Å²) in [5.74, 6) is -0.122. The number of amides is 1. The number of anilines is 1. The Bertz CT molecular complexity index is 866. The third-order valence-corrected chi connectivity index (χ3v) is 5.35. The predicted molar refractivity (Wildman–Crippen MR) is 103 cm³/mol. The average Bonchev–Trinajstić information content (AvgIpc) is 3.32. The van der Waals surface area contributed by atoms with Crippen LogP contribution in [0.1, 0.15) is 40.6 Å². The summed E-state index contributed by atoms with van der Waals surface area (Å²) in [6.45, 7) is 1.87. The van der Waals surface area contributed by atoms with Crippen LogP contribution in [0.15, 0.2) is 60.1 Å². The number of benzene rings is 1. The molecule has 1 fully saturated rings. The molecule has 0 unspecified atom stereocenters. The number of nitrogens with one attached hydrogen (secondary N) is 1. The van der Waals surface area contributed by atoms with Gasteiger partial charge in [0, 0.05) is 23.7 Å². The molecule has 5 nitrogen and oxygen atoms in total. The van der Waals surface area contributed by atoms with Crippen LogP contribution in [0, 0.1) is 0 Å². The summed E-state index contributed by atoms with van der Waals surface area (Å²) in [6.07, 6.45) is 4.07. The van der Waals surface area contributed by atoms with Crippen LogP contribution in [0.25, 0.3) is 0 Å². The molecule has 26 heavy (non-hydrogen) atoms. The molecule has 1 amide bonds. The maximum absolute atomic E-state index is 12.3. The summed E-state index contributed by atoms with van der Waals surface area (Å²) in [7, 11) is 0. The molecule has 0 radical (unpaired) electrons. The molecule has 3 aromatic rings. The van der Waals surface area contributed by atoms with Crippen LogP contribution in [0.4, 0.5) is 5.13 Å². The number of hydrogen-bond donors (Lipinski definition) is 1. The van der Waals surface area contributed by atoms with Crippen LogP contribution in [-0.2, 0) is 6.54 Å². The highest BCUT2D eigenvalue weighted by atomic mass is 32.1. The lowest BCUT2D eigenvalue weighted by Gasteiger charge is -2.22. The standard InChI is InChI=1S/C20H20N4OS/c25-19(15-7-2-1-3-8-15)23-20-22-17(14-26-20)18-10-6-12-24(18)13-16-9-4-5-11-21-16/h1-5,7-9,11,14,18H,6,10,12-13H2,(H,22,23,25)/t18-/m0/s1. The van der Waals surface area contributed by atoms with Crippen molar-refractivity contribution >= 4 is 22.4 Å². The number of likely N-dealkylation sites (tertiary alicyclic amines) is 1. The van der Waals surface area contributed by atoms with Gasteiger partial charge in [-0.3, -0.25) is 20.0 Å². The van der Waals surface area contributed by atoms with Gasteiger partial charge in [-0.1, -0.05) is 24.3 Å². The molecule has 0 spiro atoms. The van der Waals surface area contributed by atoms with E-state index in [2.05, 4.69) is 31.6 Å². The fourth-order valence-electron chi connectivity index (χ4n) is 3.31. The molecule has 4 rings (SSSR count). The molecule has 1 aromatic carbocycles. The van der Waals surface area contributed by atoms with Gasteiger partial charge in [-0.25, -0.2) is 4.98 Å². The average molecular weight is 364 g/mol. The fraction of sp³-hybridized carbons (Fsp3) is 0.250. The molecule has 132 valence electrons. The molecule has 1 aliphatic rings. The minimum absolute atomic E-state index is 0.122. The van der Waals surface area contributed by atoms with Crippen molar-refractivity contribution in [1.82, 2.24) is 14.9 Å². The Morgan fingerprint density at radius 3 is 2.85 bits per heavy atom. The van der Waals surface area contributed by atoms with E-state index in [4.69, 9.17) is 0 Å². The molecule has 3 heterocycles. The van der Waals surface area contributed by atoms with Crippen molar-refractivity contribution in [3.63, 3.8) is 0 Å². The SMILES string of the molecule is O=C(Nc1nc([C@@H]2CCCN2Cc2ccccn2)cs1)c1ccccc1. The van der Waals surface area contributed by atoms with Crippen LogP contribution in [0.2, 0.25) is 0 Å². The van der Waals surface area contributed by atoms with E-state index in [0.29, 0.717) is 10.7 Å². The van der Waals surface area contributed by atoms with Crippen molar-refractivity contribution in [2.24, 2.45) is 0 Å². The molecule has 0 aliphatic carbocycles. The van der Waals surface area contributed by atoms with Crippen LogP contribution < -0.4 is 5.32 Å². The zero-order chi connectivity index (χ0) is 17.8. The second kappa shape index (κ2) is 7.76. The predicted octanol–water partition coefficient (Wildman–Crippen LogP) is 4.13. The maximum Gasteiger partial charge on any atom is 0.257 e. The summed E-state index contributed by atoms with van der Waals surface area (Å²) in [6, 6.07) is 15.5. The Balaban J connectivity index is 1.44. The van der Waals surface area contributed by atoms with Crippen molar-refractivity contribution in [3.05, 3.63) is 77.1 Å². The third kappa shape index (κ3) is 3.81. The zero-order valence-corrected chi connectivity index (χ0v) is 15.2. The third-order valence-electron chi connectivity index (χ3n) is 4.57. The van der Waals surface area contributed by atoms with Gasteiger partial charge in [-0.05, 0) is 43.7 Å². The van der Waals surface area contributed by atoms with Gasteiger partial charge in [-0.15, -0.1) is 11.3 Å². The Morgan fingerprint density at radius 2 is 2.04 bits per heavy atom. The number of rotatable bonds is 5. The first-order valence-electron chi connectivity index (χ1n) is 8.75. The van der Waals surface area contributed by atoms with Crippen molar-refractivity contribution in [2.75, 3.05) is 11.9 Å². The van der Waals surface area contributed by atoms with Gasteiger partial charge in [0.25, 0.3) is 5.91 Å². The van der Waals surface area contributed by atoms with Gasteiger partial charge < -0.3 is 0 Å². The Kier molecular flexibility index (Phi) is 5.04. The van der Waals surface area contributed by atoms with Crippen LogP contribution in [-0.4, -0.2) is 27.3 Å². The second-order valence-corrected chi connectivity index (χ2v) is 7.21. The minimum Gasteiger partial charge on any atom is -0.298 e. The van der Waals surface area contributed by atoms with E-state index in [1.807, 2.05) is 36.5 Å². The van der Waals surface area contributed by atoms with E-state index in [9.17, 15) is 4.79 Å². The number of pyridine rings is 1. The summed E-state index contributed by atoms with van der Waals surface area (Å²) < 4.78 is 0. The van der Waals surface area contributed by atoms with Gasteiger partial charge in [0.1, 0.15) is 0 Å². The normalized spacial score (nSPS) is 17.3. The largest absolute Gasteiger partial charge is 0.298 e. The first-order valence-corrected chi connectivity index (χ1v) is 9.63. The first kappa shape index (κ1) is 16.9. The monoisotopic (exact) mass is 364 g/mol. The van der Waals surface area contributed by atoms with Crippen molar-refractivity contribution in [2.45, 2.75) is 25.4 Å². The molecule has 0 bridgehead atoms.